The molecule has 0 spiro atoms. The van der Waals surface area contributed by atoms with Crippen LogP contribution in [0.2, 0.25) is 0 Å². The van der Waals surface area contributed by atoms with Crippen molar-refractivity contribution in [2.75, 3.05) is 33.9 Å². The van der Waals surface area contributed by atoms with E-state index in [0.717, 1.165) is 18.7 Å². The average Bonchev–Trinajstić information content (AvgIpc) is 2.56. The Balaban J connectivity index is 1.87. The van der Waals surface area contributed by atoms with Crippen LogP contribution in [-0.4, -0.2) is 50.9 Å². The molecule has 120 valence electrons. The third-order valence-corrected chi connectivity index (χ3v) is 3.65. The number of hydrazone groups is 1. The fourth-order valence-corrected chi connectivity index (χ4v) is 2.45. The number of piperidine rings is 1. The van der Waals surface area contributed by atoms with E-state index in [1.807, 2.05) is 12.1 Å². The van der Waals surface area contributed by atoms with Crippen LogP contribution in [0.25, 0.3) is 0 Å². The minimum Gasteiger partial charge on any atom is -0.497 e. The van der Waals surface area contributed by atoms with Gasteiger partial charge in [0.2, 0.25) is 0 Å². The van der Waals surface area contributed by atoms with Gasteiger partial charge in [0.25, 0.3) is 5.91 Å². The van der Waals surface area contributed by atoms with Gasteiger partial charge in [-0.05, 0) is 38.1 Å². The highest BCUT2D eigenvalue weighted by Gasteiger charge is 2.13. The molecule has 1 aromatic rings. The summed E-state index contributed by atoms with van der Waals surface area (Å²) >= 11 is 0. The minimum atomic E-state index is -0.0920. The Morgan fingerprint density at radius 2 is 2.05 bits per heavy atom. The fourth-order valence-electron chi connectivity index (χ4n) is 2.45. The van der Waals surface area contributed by atoms with Gasteiger partial charge in [-0.1, -0.05) is 6.42 Å². The highest BCUT2D eigenvalue weighted by atomic mass is 16.5. The number of likely N-dealkylation sites (tertiary alicyclic amines) is 1. The van der Waals surface area contributed by atoms with E-state index in [1.165, 1.54) is 19.3 Å². The lowest BCUT2D eigenvalue weighted by Crippen LogP contribution is -2.38. The molecule has 6 heteroatoms. The SMILES string of the molecule is COc1ccc(/C=N\NC(=O)CN2CCCCC2)c(OC)c1. The molecule has 22 heavy (non-hydrogen) atoms. The normalized spacial score (nSPS) is 15.7. The molecular weight excluding hydrogens is 282 g/mol. The van der Waals surface area contributed by atoms with Crippen molar-refractivity contribution in [3.05, 3.63) is 23.8 Å². The van der Waals surface area contributed by atoms with Gasteiger partial charge in [0.15, 0.2) is 0 Å². The van der Waals surface area contributed by atoms with Crippen LogP contribution < -0.4 is 14.9 Å². The van der Waals surface area contributed by atoms with Gasteiger partial charge in [-0.25, -0.2) is 5.43 Å². The first-order valence-corrected chi connectivity index (χ1v) is 7.49. The van der Waals surface area contributed by atoms with Gasteiger partial charge in [-0.15, -0.1) is 0 Å². The van der Waals surface area contributed by atoms with E-state index in [9.17, 15) is 4.79 Å². The van der Waals surface area contributed by atoms with Crippen LogP contribution in [0.1, 0.15) is 24.8 Å². The van der Waals surface area contributed by atoms with E-state index in [2.05, 4.69) is 15.4 Å². The molecule has 1 aliphatic heterocycles. The molecule has 1 saturated heterocycles. The number of nitrogens with one attached hydrogen (secondary N) is 1. The molecule has 1 N–H and O–H groups in total. The molecule has 0 aromatic heterocycles. The minimum absolute atomic E-state index is 0.0920. The number of hydrogen-bond acceptors (Lipinski definition) is 5. The average molecular weight is 305 g/mol. The van der Waals surface area contributed by atoms with E-state index in [1.54, 1.807) is 26.5 Å². The van der Waals surface area contributed by atoms with E-state index in [0.29, 0.717) is 18.0 Å². The molecule has 1 fully saturated rings. The molecule has 1 aliphatic rings. The van der Waals surface area contributed by atoms with Crippen molar-refractivity contribution < 1.29 is 14.3 Å². The predicted molar refractivity (Wildman–Crippen MR) is 85.6 cm³/mol. The Labute approximate surface area is 131 Å². The van der Waals surface area contributed by atoms with Crippen molar-refractivity contribution in [2.45, 2.75) is 19.3 Å². The summed E-state index contributed by atoms with van der Waals surface area (Å²) in [6, 6.07) is 5.42. The largest absolute Gasteiger partial charge is 0.497 e. The van der Waals surface area contributed by atoms with Gasteiger partial charge >= 0.3 is 0 Å². The third-order valence-electron chi connectivity index (χ3n) is 3.65. The molecule has 0 aliphatic carbocycles. The van der Waals surface area contributed by atoms with Gasteiger partial charge in [0.05, 0.1) is 27.0 Å². The van der Waals surface area contributed by atoms with Crippen LogP contribution in [0.15, 0.2) is 23.3 Å². The molecule has 1 aromatic carbocycles. The highest BCUT2D eigenvalue weighted by Crippen LogP contribution is 2.22. The maximum absolute atomic E-state index is 11.8. The summed E-state index contributed by atoms with van der Waals surface area (Å²) in [7, 11) is 3.18. The second kappa shape index (κ2) is 8.38. The van der Waals surface area contributed by atoms with Crippen LogP contribution in [0.5, 0.6) is 11.5 Å². The number of ether oxygens (including phenoxy) is 2. The number of carbonyl (C=O) groups is 1. The van der Waals surface area contributed by atoms with Crippen LogP contribution in [0, 0.1) is 0 Å². The first kappa shape index (κ1) is 16.3. The summed E-state index contributed by atoms with van der Waals surface area (Å²) in [5.74, 6) is 1.27. The van der Waals surface area contributed by atoms with Gasteiger partial charge in [-0.2, -0.15) is 5.10 Å². The first-order valence-electron chi connectivity index (χ1n) is 7.49. The zero-order chi connectivity index (χ0) is 15.8. The molecular formula is C16H23N3O3. The number of rotatable bonds is 6. The van der Waals surface area contributed by atoms with Crippen LogP contribution >= 0.6 is 0 Å². The summed E-state index contributed by atoms with van der Waals surface area (Å²) < 4.78 is 10.4. The topological polar surface area (TPSA) is 63.2 Å². The van der Waals surface area contributed by atoms with Crippen molar-refractivity contribution in [3.63, 3.8) is 0 Å². The van der Waals surface area contributed by atoms with Crippen molar-refractivity contribution in [1.29, 1.82) is 0 Å². The Kier molecular flexibility index (Phi) is 6.21. The smallest absolute Gasteiger partial charge is 0.254 e. The first-order chi connectivity index (χ1) is 10.7. The summed E-state index contributed by atoms with van der Waals surface area (Å²) in [6.45, 7) is 2.38. The monoisotopic (exact) mass is 305 g/mol. The molecule has 0 radical (unpaired) electrons. The number of nitrogens with zero attached hydrogens (tertiary/aromatic N) is 2. The Morgan fingerprint density at radius 3 is 2.73 bits per heavy atom. The molecule has 6 nitrogen and oxygen atoms in total. The van der Waals surface area contributed by atoms with Crippen LogP contribution in [-0.2, 0) is 4.79 Å². The second-order valence-corrected chi connectivity index (χ2v) is 5.24. The molecule has 0 bridgehead atoms. The molecule has 0 unspecified atom stereocenters. The number of hydrogen-bond donors (Lipinski definition) is 1. The van der Waals surface area contributed by atoms with Gasteiger partial charge < -0.3 is 9.47 Å². The van der Waals surface area contributed by atoms with Crippen molar-refractivity contribution >= 4 is 12.1 Å². The van der Waals surface area contributed by atoms with Crippen molar-refractivity contribution in [2.24, 2.45) is 5.10 Å². The zero-order valence-corrected chi connectivity index (χ0v) is 13.2. The number of carbonyl (C=O) groups excluding carboxylic acids is 1. The van der Waals surface area contributed by atoms with Gasteiger partial charge in [0, 0.05) is 11.6 Å². The van der Waals surface area contributed by atoms with Crippen LogP contribution in [0.3, 0.4) is 0 Å². The van der Waals surface area contributed by atoms with E-state index in [4.69, 9.17) is 9.47 Å². The van der Waals surface area contributed by atoms with Crippen molar-refractivity contribution in [3.8, 4) is 11.5 Å². The molecule has 1 amide bonds. The van der Waals surface area contributed by atoms with E-state index < -0.39 is 0 Å². The molecule has 0 saturated carbocycles. The maximum Gasteiger partial charge on any atom is 0.254 e. The molecule has 0 atom stereocenters. The quantitative estimate of drug-likeness (QED) is 0.641. The summed E-state index contributed by atoms with van der Waals surface area (Å²) in [6.07, 6.45) is 5.17. The second-order valence-electron chi connectivity index (χ2n) is 5.24. The summed E-state index contributed by atoms with van der Waals surface area (Å²) in [4.78, 5) is 14.0. The van der Waals surface area contributed by atoms with Gasteiger partial charge in [0.1, 0.15) is 11.5 Å². The number of methoxy groups -OCH3 is 2. The lowest BCUT2D eigenvalue weighted by molar-refractivity contribution is -0.122. The Morgan fingerprint density at radius 1 is 1.27 bits per heavy atom. The van der Waals surface area contributed by atoms with Crippen molar-refractivity contribution in [1.82, 2.24) is 10.3 Å². The van der Waals surface area contributed by atoms with E-state index in [-0.39, 0.29) is 5.91 Å². The summed E-state index contributed by atoms with van der Waals surface area (Å²) in [5, 5.41) is 4.00. The molecule has 2 rings (SSSR count). The Bertz CT molecular complexity index is 525. The number of amides is 1. The lowest BCUT2D eigenvalue weighted by Gasteiger charge is -2.25. The van der Waals surface area contributed by atoms with Crippen LogP contribution in [0.4, 0.5) is 0 Å². The predicted octanol–water partition coefficient (Wildman–Crippen LogP) is 1.64. The zero-order valence-electron chi connectivity index (χ0n) is 13.2. The molecule has 1 heterocycles. The standard InChI is InChI=1S/C16H23N3O3/c1-21-14-7-6-13(15(10-14)22-2)11-17-18-16(20)12-19-8-4-3-5-9-19/h6-7,10-11H,3-5,8-9,12H2,1-2H3,(H,18,20)/b17-11-. The fraction of sp³-hybridized carbons (Fsp3) is 0.500. The third kappa shape index (κ3) is 4.73. The maximum atomic E-state index is 11.8. The summed E-state index contributed by atoms with van der Waals surface area (Å²) in [5.41, 5.74) is 3.34. The van der Waals surface area contributed by atoms with E-state index >= 15 is 0 Å². The number of benzene rings is 1. The highest BCUT2D eigenvalue weighted by molar-refractivity contribution is 5.86. The lowest BCUT2D eigenvalue weighted by atomic mass is 10.1. The van der Waals surface area contributed by atoms with Gasteiger partial charge in [-0.3, -0.25) is 9.69 Å². The Hall–Kier alpha value is -2.08.